The lowest BCUT2D eigenvalue weighted by atomic mass is 9.73. The van der Waals surface area contributed by atoms with E-state index in [4.69, 9.17) is 33.2 Å². The summed E-state index contributed by atoms with van der Waals surface area (Å²) in [5, 5.41) is 12.0. The van der Waals surface area contributed by atoms with Gasteiger partial charge in [-0.05, 0) is 50.8 Å². The van der Waals surface area contributed by atoms with Crippen LogP contribution in [0.3, 0.4) is 0 Å². The van der Waals surface area contributed by atoms with Crippen LogP contribution >= 0.6 is 0 Å². The van der Waals surface area contributed by atoms with Crippen molar-refractivity contribution in [2.45, 2.75) is 45.8 Å². The van der Waals surface area contributed by atoms with Gasteiger partial charge in [0.15, 0.2) is 29.1 Å². The van der Waals surface area contributed by atoms with Crippen molar-refractivity contribution in [2.75, 3.05) is 35.2 Å². The maximum absolute atomic E-state index is 13.0. The third-order valence-corrected chi connectivity index (χ3v) is 7.33. The van der Waals surface area contributed by atoms with Crippen LogP contribution in [0.5, 0.6) is 34.5 Å². The number of allylic oxidation sites excluding steroid dienone is 1. The fourth-order valence-electron chi connectivity index (χ4n) is 4.94. The molecule has 1 aliphatic carbocycles. The number of ether oxygens (including phenoxy) is 7. The number of aliphatic hydroxyl groups is 1. The lowest BCUT2D eigenvalue weighted by Gasteiger charge is -2.41. The highest BCUT2D eigenvalue weighted by molar-refractivity contribution is 5.91. The van der Waals surface area contributed by atoms with Gasteiger partial charge in [0.2, 0.25) is 18.3 Å². The first kappa shape index (κ1) is 26.5. The normalized spacial score (nSPS) is 22.2. The van der Waals surface area contributed by atoms with E-state index in [0.29, 0.717) is 63.2 Å². The van der Waals surface area contributed by atoms with Gasteiger partial charge < -0.3 is 38.3 Å². The highest BCUT2D eigenvalue weighted by atomic mass is 16.7. The van der Waals surface area contributed by atoms with Crippen LogP contribution < -0.4 is 28.4 Å². The molecule has 0 fully saturated rings. The molecule has 1 aliphatic heterocycles. The maximum atomic E-state index is 13.0. The summed E-state index contributed by atoms with van der Waals surface area (Å²) in [6.45, 7) is 7.00. The first-order valence-corrected chi connectivity index (χ1v) is 12.0. The average molecular weight is 515 g/mol. The predicted octanol–water partition coefficient (Wildman–Crippen LogP) is 4.61. The van der Waals surface area contributed by atoms with Crippen LogP contribution in [0.15, 0.2) is 23.8 Å². The molecule has 4 rings (SSSR count). The summed E-state index contributed by atoms with van der Waals surface area (Å²) < 4.78 is 40.6. The molecule has 1 heterocycles. The fourth-order valence-corrected chi connectivity index (χ4v) is 4.94. The van der Waals surface area contributed by atoms with Gasteiger partial charge in [-0.2, -0.15) is 0 Å². The molecule has 200 valence electrons. The fraction of sp³-hybridized carbons (Fsp3) is 0.464. The SMILES string of the molecule is CC=C(C)C(=O)O[C@H]1c2cc3c(c(OC)c2-c2c(cc(OC)c(OC)c2OC)C[C@H](C)[C@]1(C)O)OCO3. The number of benzene rings is 2. The van der Waals surface area contributed by atoms with Gasteiger partial charge in [0.1, 0.15) is 5.60 Å². The number of carbonyl (C=O) groups is 1. The first-order valence-electron chi connectivity index (χ1n) is 12.0. The van der Waals surface area contributed by atoms with E-state index < -0.39 is 17.7 Å². The van der Waals surface area contributed by atoms with Crippen LogP contribution in [-0.2, 0) is 16.0 Å². The molecular weight excluding hydrogens is 480 g/mol. The molecule has 2 aliphatic rings. The second kappa shape index (κ2) is 10.0. The van der Waals surface area contributed by atoms with Crippen LogP contribution in [0.25, 0.3) is 11.1 Å². The molecular formula is C28H34O9. The van der Waals surface area contributed by atoms with Gasteiger partial charge in [-0.1, -0.05) is 13.0 Å². The summed E-state index contributed by atoms with van der Waals surface area (Å²) in [5.41, 5.74) is 1.47. The zero-order valence-corrected chi connectivity index (χ0v) is 22.5. The molecule has 2 aromatic rings. The molecule has 0 amide bonds. The standard InChI is InChI=1S/C28H34O9/c1-9-14(2)27(29)37-26-17-12-19-23(36-13-35-19)25(34-8)21(17)20-16(10-15(3)28(26,4)30)11-18(31-5)22(32-6)24(20)33-7/h9,11-12,15,26,30H,10,13H2,1-8H3/t15-,26-,28-/m0/s1. The van der Waals surface area contributed by atoms with E-state index in [1.807, 2.05) is 13.0 Å². The van der Waals surface area contributed by atoms with Crippen molar-refractivity contribution in [1.29, 1.82) is 0 Å². The van der Waals surface area contributed by atoms with Gasteiger partial charge in [0.05, 0.1) is 28.4 Å². The molecule has 0 aromatic heterocycles. The first-order chi connectivity index (χ1) is 17.6. The topological polar surface area (TPSA) is 102 Å². The van der Waals surface area contributed by atoms with E-state index in [2.05, 4.69) is 0 Å². The van der Waals surface area contributed by atoms with E-state index >= 15 is 0 Å². The minimum Gasteiger partial charge on any atom is -0.493 e. The minimum absolute atomic E-state index is 0.000553. The van der Waals surface area contributed by atoms with Gasteiger partial charge in [0.25, 0.3) is 0 Å². The zero-order valence-electron chi connectivity index (χ0n) is 22.5. The van der Waals surface area contributed by atoms with Crippen LogP contribution in [0.4, 0.5) is 0 Å². The predicted molar refractivity (Wildman–Crippen MR) is 136 cm³/mol. The van der Waals surface area contributed by atoms with Crippen molar-refractivity contribution in [1.82, 2.24) is 0 Å². The van der Waals surface area contributed by atoms with Crippen LogP contribution in [0.2, 0.25) is 0 Å². The number of hydrogen-bond acceptors (Lipinski definition) is 9. The van der Waals surface area contributed by atoms with Crippen molar-refractivity contribution >= 4 is 5.97 Å². The van der Waals surface area contributed by atoms with E-state index in [1.54, 1.807) is 47.1 Å². The Morgan fingerprint density at radius 2 is 1.70 bits per heavy atom. The summed E-state index contributed by atoms with van der Waals surface area (Å²) in [5.74, 6) is 1.59. The molecule has 9 heteroatoms. The number of fused-ring (bicyclic) bond motifs is 4. The summed E-state index contributed by atoms with van der Waals surface area (Å²) in [7, 11) is 6.15. The summed E-state index contributed by atoms with van der Waals surface area (Å²) in [6, 6.07) is 3.60. The summed E-state index contributed by atoms with van der Waals surface area (Å²) in [6.07, 6.45) is 1.00. The van der Waals surface area contributed by atoms with Crippen LogP contribution in [0.1, 0.15) is 44.9 Å². The monoisotopic (exact) mass is 514 g/mol. The highest BCUT2D eigenvalue weighted by Crippen LogP contribution is 2.59. The number of esters is 1. The maximum Gasteiger partial charge on any atom is 0.334 e. The Morgan fingerprint density at radius 3 is 2.30 bits per heavy atom. The quantitative estimate of drug-likeness (QED) is 0.437. The van der Waals surface area contributed by atoms with Gasteiger partial charge in [0, 0.05) is 22.3 Å². The molecule has 0 saturated heterocycles. The van der Waals surface area contributed by atoms with Crippen molar-refractivity contribution in [2.24, 2.45) is 5.92 Å². The van der Waals surface area contributed by atoms with Crippen LogP contribution in [0, 0.1) is 5.92 Å². The molecule has 0 spiro atoms. The second-order valence-electron chi connectivity index (χ2n) is 9.38. The van der Waals surface area contributed by atoms with Gasteiger partial charge >= 0.3 is 5.97 Å². The van der Waals surface area contributed by atoms with Crippen molar-refractivity contribution < 1.29 is 43.1 Å². The Morgan fingerprint density at radius 1 is 1.03 bits per heavy atom. The molecule has 1 N–H and O–H groups in total. The van der Waals surface area contributed by atoms with Gasteiger partial charge in [-0.15, -0.1) is 0 Å². The van der Waals surface area contributed by atoms with Crippen molar-refractivity contribution in [3.8, 4) is 45.6 Å². The summed E-state index contributed by atoms with van der Waals surface area (Å²) >= 11 is 0. The number of carbonyl (C=O) groups excluding carboxylic acids is 1. The highest BCUT2D eigenvalue weighted by Gasteiger charge is 2.47. The third-order valence-electron chi connectivity index (χ3n) is 7.33. The van der Waals surface area contributed by atoms with Crippen molar-refractivity contribution in [3.63, 3.8) is 0 Å². The average Bonchev–Trinajstić information content (AvgIpc) is 3.36. The van der Waals surface area contributed by atoms with E-state index in [1.165, 1.54) is 14.2 Å². The van der Waals surface area contributed by atoms with Gasteiger partial charge in [-0.25, -0.2) is 4.79 Å². The molecule has 3 atom stereocenters. The summed E-state index contributed by atoms with van der Waals surface area (Å²) in [4.78, 5) is 13.0. The van der Waals surface area contributed by atoms with E-state index in [-0.39, 0.29) is 12.7 Å². The Hall–Kier alpha value is -3.59. The van der Waals surface area contributed by atoms with Crippen molar-refractivity contribution in [3.05, 3.63) is 34.9 Å². The Kier molecular flexibility index (Phi) is 7.19. The molecule has 0 radical (unpaired) electrons. The van der Waals surface area contributed by atoms with Gasteiger partial charge in [-0.3, -0.25) is 0 Å². The molecule has 9 nitrogen and oxygen atoms in total. The number of rotatable bonds is 6. The Bertz CT molecular complexity index is 1250. The lowest BCUT2D eigenvalue weighted by Crippen LogP contribution is -2.44. The lowest BCUT2D eigenvalue weighted by molar-refractivity contribution is -0.166. The minimum atomic E-state index is -1.48. The largest absolute Gasteiger partial charge is 0.493 e. The Balaban J connectivity index is 2.16. The zero-order chi connectivity index (χ0) is 27.1. The molecule has 0 unspecified atom stereocenters. The smallest absolute Gasteiger partial charge is 0.334 e. The van der Waals surface area contributed by atoms with E-state index in [9.17, 15) is 9.90 Å². The Labute approximate surface area is 216 Å². The third kappa shape index (κ3) is 4.21. The molecule has 0 bridgehead atoms. The number of hydrogen-bond donors (Lipinski definition) is 1. The van der Waals surface area contributed by atoms with Crippen LogP contribution in [-0.4, -0.2) is 51.9 Å². The second-order valence-corrected chi connectivity index (χ2v) is 9.38. The number of methoxy groups -OCH3 is 4. The molecule has 37 heavy (non-hydrogen) atoms. The molecule has 0 saturated carbocycles. The molecule has 2 aromatic carbocycles. The van der Waals surface area contributed by atoms with E-state index in [0.717, 1.165) is 5.56 Å².